The van der Waals surface area contributed by atoms with Crippen LogP contribution in [0.1, 0.15) is 10.5 Å². The zero-order valence-corrected chi connectivity index (χ0v) is 12.9. The number of likely N-dealkylation sites (N-methyl/N-ethyl adjacent to an activating group) is 2. The summed E-state index contributed by atoms with van der Waals surface area (Å²) in [5.74, 6) is -0.199. The van der Waals surface area contributed by atoms with Gasteiger partial charge in [-0.2, -0.15) is 5.10 Å². The van der Waals surface area contributed by atoms with Crippen molar-refractivity contribution in [2.24, 2.45) is 5.92 Å². The Balaban J connectivity index is 2.18. The van der Waals surface area contributed by atoms with Gasteiger partial charge in [-0.25, -0.2) is 0 Å². The molecule has 20 heavy (non-hydrogen) atoms. The molecule has 0 radical (unpaired) electrons. The first-order valence-corrected chi connectivity index (χ1v) is 7.07. The van der Waals surface area contributed by atoms with Gasteiger partial charge in [0.25, 0.3) is 0 Å². The predicted molar refractivity (Wildman–Crippen MR) is 77.3 cm³/mol. The molecular weight excluding hydrogens is 280 g/mol. The summed E-state index contributed by atoms with van der Waals surface area (Å²) in [5, 5.41) is 7.74. The van der Waals surface area contributed by atoms with Crippen LogP contribution in [0.4, 0.5) is 0 Å². The highest BCUT2D eigenvalue weighted by Crippen LogP contribution is 2.24. The summed E-state index contributed by atoms with van der Waals surface area (Å²) in [4.78, 5) is 14.7. The van der Waals surface area contributed by atoms with E-state index in [9.17, 15) is 4.79 Å². The molecular formula is C13H21ClN4O2. The molecule has 7 heteroatoms. The fourth-order valence-corrected chi connectivity index (χ4v) is 2.58. The third kappa shape index (κ3) is 3.20. The number of rotatable bonds is 6. The zero-order valence-electron chi connectivity index (χ0n) is 12.1. The second-order valence-electron chi connectivity index (χ2n) is 5.27. The van der Waals surface area contributed by atoms with Gasteiger partial charge in [-0.15, -0.1) is 0 Å². The second kappa shape index (κ2) is 6.67. The maximum Gasteiger partial charge on any atom is 0.189 e. The standard InChI is InChI=1S/C13H21ClN4O2/c1-15-11-8-20-7-9(11)13(19)12-10(14)6-16-18(12)5-4-17(2)3/h6,9,11,15H,4-5,7-8H2,1-3H3. The molecule has 2 rings (SSSR count). The summed E-state index contributed by atoms with van der Waals surface area (Å²) in [7, 11) is 5.80. The number of carbonyl (C=O) groups excluding carboxylic acids is 1. The highest BCUT2D eigenvalue weighted by atomic mass is 35.5. The lowest BCUT2D eigenvalue weighted by molar-refractivity contribution is 0.0880. The van der Waals surface area contributed by atoms with Crippen LogP contribution >= 0.6 is 11.6 Å². The van der Waals surface area contributed by atoms with Crippen LogP contribution in [-0.4, -0.2) is 67.4 Å². The molecule has 0 spiro atoms. The van der Waals surface area contributed by atoms with E-state index in [0.29, 0.717) is 30.5 Å². The molecule has 0 amide bonds. The Kier molecular flexibility index (Phi) is 5.15. The van der Waals surface area contributed by atoms with E-state index in [1.54, 1.807) is 4.68 Å². The lowest BCUT2D eigenvalue weighted by atomic mass is 9.96. The minimum absolute atomic E-state index is 0.00288. The van der Waals surface area contributed by atoms with Gasteiger partial charge in [-0.3, -0.25) is 9.48 Å². The third-order valence-corrected chi connectivity index (χ3v) is 3.85. The van der Waals surface area contributed by atoms with Gasteiger partial charge in [0, 0.05) is 12.6 Å². The van der Waals surface area contributed by atoms with Crippen molar-refractivity contribution in [1.82, 2.24) is 20.0 Å². The highest BCUT2D eigenvalue weighted by molar-refractivity contribution is 6.33. The third-order valence-electron chi connectivity index (χ3n) is 3.58. The van der Waals surface area contributed by atoms with Gasteiger partial charge in [-0.1, -0.05) is 11.6 Å². The number of aromatic nitrogens is 2. The maximum atomic E-state index is 12.7. The molecule has 1 aromatic rings. The number of Topliss-reactive ketones (excluding diaryl/α,β-unsaturated/α-hetero) is 1. The lowest BCUT2D eigenvalue weighted by Gasteiger charge is -2.17. The molecule has 1 saturated heterocycles. The molecule has 1 N–H and O–H groups in total. The van der Waals surface area contributed by atoms with Crippen LogP contribution in [0, 0.1) is 5.92 Å². The van der Waals surface area contributed by atoms with Crippen molar-refractivity contribution in [1.29, 1.82) is 0 Å². The quantitative estimate of drug-likeness (QED) is 0.776. The molecule has 1 aliphatic heterocycles. The Bertz CT molecular complexity index is 475. The number of ketones is 1. The summed E-state index contributed by atoms with van der Waals surface area (Å²) < 4.78 is 7.08. The molecule has 112 valence electrons. The van der Waals surface area contributed by atoms with Crippen molar-refractivity contribution in [2.45, 2.75) is 12.6 Å². The summed E-state index contributed by atoms with van der Waals surface area (Å²) >= 11 is 6.15. The molecule has 1 fully saturated rings. The van der Waals surface area contributed by atoms with Gasteiger partial charge in [0.2, 0.25) is 0 Å². The fraction of sp³-hybridized carbons (Fsp3) is 0.692. The van der Waals surface area contributed by atoms with Gasteiger partial charge >= 0.3 is 0 Å². The van der Waals surface area contributed by atoms with E-state index in [1.165, 1.54) is 6.20 Å². The zero-order chi connectivity index (χ0) is 14.7. The van der Waals surface area contributed by atoms with E-state index in [0.717, 1.165) is 6.54 Å². The van der Waals surface area contributed by atoms with Gasteiger partial charge in [-0.05, 0) is 21.1 Å². The van der Waals surface area contributed by atoms with Crippen molar-refractivity contribution in [2.75, 3.05) is 40.9 Å². The van der Waals surface area contributed by atoms with E-state index in [2.05, 4.69) is 10.4 Å². The van der Waals surface area contributed by atoms with Crippen LogP contribution in [0.2, 0.25) is 5.02 Å². The Morgan fingerprint density at radius 1 is 1.60 bits per heavy atom. The largest absolute Gasteiger partial charge is 0.379 e. The summed E-state index contributed by atoms with van der Waals surface area (Å²) in [5.41, 5.74) is 0.490. The average Bonchev–Trinajstić information content (AvgIpc) is 3.01. The first kappa shape index (κ1) is 15.4. The highest BCUT2D eigenvalue weighted by Gasteiger charge is 2.36. The SMILES string of the molecule is CNC1COCC1C(=O)c1c(Cl)cnn1CCN(C)C. The second-order valence-corrected chi connectivity index (χ2v) is 5.68. The molecule has 2 unspecified atom stereocenters. The van der Waals surface area contributed by atoms with Gasteiger partial charge in [0.1, 0.15) is 5.69 Å². The Morgan fingerprint density at radius 3 is 3.00 bits per heavy atom. The number of nitrogens with zero attached hydrogens (tertiary/aromatic N) is 3. The van der Waals surface area contributed by atoms with Crippen LogP contribution in [0.25, 0.3) is 0 Å². The van der Waals surface area contributed by atoms with Crippen molar-refractivity contribution < 1.29 is 9.53 Å². The van der Waals surface area contributed by atoms with E-state index in [1.807, 2.05) is 26.0 Å². The van der Waals surface area contributed by atoms with Crippen molar-refractivity contribution in [3.8, 4) is 0 Å². The molecule has 1 aliphatic rings. The monoisotopic (exact) mass is 300 g/mol. The molecule has 0 aliphatic carbocycles. The topological polar surface area (TPSA) is 59.4 Å². The number of halogens is 1. The lowest BCUT2D eigenvalue weighted by Crippen LogP contribution is -2.38. The van der Waals surface area contributed by atoms with Crippen LogP contribution in [-0.2, 0) is 11.3 Å². The first-order chi connectivity index (χ1) is 9.54. The van der Waals surface area contributed by atoms with E-state index in [4.69, 9.17) is 16.3 Å². The molecule has 2 heterocycles. The Morgan fingerprint density at radius 2 is 2.35 bits per heavy atom. The summed E-state index contributed by atoms with van der Waals surface area (Å²) in [6.45, 7) is 2.42. The number of hydrogen-bond acceptors (Lipinski definition) is 5. The van der Waals surface area contributed by atoms with Crippen LogP contribution in [0.3, 0.4) is 0 Å². The van der Waals surface area contributed by atoms with Crippen LogP contribution in [0.15, 0.2) is 6.20 Å². The van der Waals surface area contributed by atoms with Gasteiger partial charge in [0.15, 0.2) is 5.78 Å². The molecule has 0 aromatic carbocycles. The van der Waals surface area contributed by atoms with Crippen LogP contribution in [0.5, 0.6) is 0 Å². The summed E-state index contributed by atoms with van der Waals surface area (Å²) in [6, 6.07) is 0.0377. The van der Waals surface area contributed by atoms with Crippen molar-refractivity contribution >= 4 is 17.4 Å². The number of hydrogen-bond donors (Lipinski definition) is 1. The number of ether oxygens (including phenoxy) is 1. The Labute approximate surface area is 124 Å². The van der Waals surface area contributed by atoms with E-state index < -0.39 is 0 Å². The van der Waals surface area contributed by atoms with Crippen LogP contribution < -0.4 is 5.32 Å². The first-order valence-electron chi connectivity index (χ1n) is 6.70. The van der Waals surface area contributed by atoms with E-state index >= 15 is 0 Å². The fourth-order valence-electron chi connectivity index (χ4n) is 2.34. The molecule has 2 atom stereocenters. The van der Waals surface area contributed by atoms with Gasteiger partial charge < -0.3 is 15.0 Å². The predicted octanol–water partition coefficient (Wildman–Crippen LogP) is 0.515. The minimum Gasteiger partial charge on any atom is -0.379 e. The molecule has 0 saturated carbocycles. The number of carbonyl (C=O) groups is 1. The normalized spacial score (nSPS) is 22.6. The van der Waals surface area contributed by atoms with E-state index in [-0.39, 0.29) is 17.7 Å². The number of nitrogens with one attached hydrogen (secondary N) is 1. The molecule has 1 aromatic heterocycles. The smallest absolute Gasteiger partial charge is 0.189 e. The maximum absolute atomic E-state index is 12.7. The Hall–Kier alpha value is -0.950. The van der Waals surface area contributed by atoms with Crippen molar-refractivity contribution in [3.63, 3.8) is 0 Å². The molecule has 0 bridgehead atoms. The minimum atomic E-state index is -0.202. The van der Waals surface area contributed by atoms with Crippen molar-refractivity contribution in [3.05, 3.63) is 16.9 Å². The summed E-state index contributed by atoms with van der Waals surface area (Å²) in [6.07, 6.45) is 1.54. The van der Waals surface area contributed by atoms with Gasteiger partial charge in [0.05, 0.1) is 36.9 Å². The average molecular weight is 301 g/mol. The molecule has 6 nitrogen and oxygen atoms in total.